The van der Waals surface area contributed by atoms with Crippen molar-refractivity contribution in [1.29, 1.82) is 0 Å². The quantitative estimate of drug-likeness (QED) is 0.239. The average molecular weight is 490 g/mol. The van der Waals surface area contributed by atoms with Crippen LogP contribution >= 0.6 is 0 Å². The highest BCUT2D eigenvalue weighted by Crippen LogP contribution is 2.31. The molecule has 1 aliphatic carbocycles. The minimum atomic E-state index is -0.444. The maximum atomic E-state index is 11.6. The van der Waals surface area contributed by atoms with Crippen molar-refractivity contribution < 1.29 is 4.92 Å². The molecule has 1 heterocycles. The molecule has 1 aliphatic rings. The predicted molar refractivity (Wildman–Crippen MR) is 144 cm³/mol. The summed E-state index contributed by atoms with van der Waals surface area (Å²) >= 11 is 0. The molecule has 6 N–H and O–H groups in total. The molecule has 1 fully saturated rings. The lowest BCUT2D eigenvalue weighted by Crippen LogP contribution is -2.25. The number of nitrogens with two attached hydrogens (primary N) is 2. The average Bonchev–Trinajstić information content (AvgIpc) is 2.91. The van der Waals surface area contributed by atoms with Gasteiger partial charge in [-0.1, -0.05) is 42.5 Å². The molecule has 0 unspecified atom stereocenters. The zero-order valence-electron chi connectivity index (χ0n) is 20.7. The molecule has 1 saturated carbocycles. The van der Waals surface area contributed by atoms with E-state index in [0.717, 1.165) is 60.0 Å². The van der Waals surface area contributed by atoms with E-state index in [9.17, 15) is 10.1 Å². The van der Waals surface area contributed by atoms with Crippen LogP contribution in [0.25, 0.3) is 11.1 Å². The van der Waals surface area contributed by atoms with Gasteiger partial charge in [0.15, 0.2) is 0 Å². The summed E-state index contributed by atoms with van der Waals surface area (Å²) < 4.78 is 0. The van der Waals surface area contributed by atoms with E-state index in [1.807, 2.05) is 24.3 Å². The number of benzene rings is 2. The Bertz CT molecular complexity index is 1190. The zero-order chi connectivity index (χ0) is 25.5. The van der Waals surface area contributed by atoms with Gasteiger partial charge in [0.1, 0.15) is 6.20 Å². The molecule has 1 aromatic heterocycles. The van der Waals surface area contributed by atoms with Gasteiger partial charge < -0.3 is 22.1 Å². The summed E-state index contributed by atoms with van der Waals surface area (Å²) in [5.74, 6) is 1.65. The van der Waals surface area contributed by atoms with Gasteiger partial charge in [0, 0.05) is 19.6 Å². The van der Waals surface area contributed by atoms with Gasteiger partial charge in [0.25, 0.3) is 0 Å². The van der Waals surface area contributed by atoms with Gasteiger partial charge in [-0.3, -0.25) is 10.1 Å². The first kappa shape index (κ1) is 25.5. The zero-order valence-corrected chi connectivity index (χ0v) is 20.7. The van der Waals surface area contributed by atoms with Crippen molar-refractivity contribution in [3.63, 3.8) is 0 Å². The van der Waals surface area contributed by atoms with Crippen molar-refractivity contribution in [2.45, 2.75) is 45.7 Å². The van der Waals surface area contributed by atoms with Gasteiger partial charge in [-0.25, -0.2) is 4.98 Å². The summed E-state index contributed by atoms with van der Waals surface area (Å²) in [4.78, 5) is 19.8. The van der Waals surface area contributed by atoms with Gasteiger partial charge in [-0.05, 0) is 78.8 Å². The maximum absolute atomic E-state index is 11.6. The molecule has 0 saturated heterocycles. The lowest BCUT2D eigenvalue weighted by atomic mass is 9.82. The third-order valence-electron chi connectivity index (χ3n) is 7.23. The van der Waals surface area contributed by atoms with E-state index in [2.05, 4.69) is 45.7 Å². The molecular formula is C27H35N7O2. The number of nitrogens with one attached hydrogen (secondary N) is 2. The molecule has 3 aromatic rings. The van der Waals surface area contributed by atoms with Crippen LogP contribution in [0.5, 0.6) is 0 Å². The van der Waals surface area contributed by atoms with Crippen LogP contribution in [0.3, 0.4) is 0 Å². The van der Waals surface area contributed by atoms with Crippen molar-refractivity contribution in [2.75, 3.05) is 23.7 Å². The van der Waals surface area contributed by atoms with E-state index >= 15 is 0 Å². The summed E-state index contributed by atoms with van der Waals surface area (Å²) in [6.45, 7) is 4.43. The fraction of sp³-hybridized carbons (Fsp3) is 0.407. The van der Waals surface area contributed by atoms with Crippen LogP contribution in [-0.4, -0.2) is 28.0 Å². The largest absolute Gasteiger partial charge is 0.364 e. The Hall–Kier alpha value is -3.56. The van der Waals surface area contributed by atoms with Crippen LogP contribution in [0.15, 0.2) is 48.7 Å². The first-order valence-corrected chi connectivity index (χ1v) is 12.6. The Morgan fingerprint density at radius 1 is 0.972 bits per heavy atom. The Balaban J connectivity index is 1.47. The molecule has 0 spiro atoms. The lowest BCUT2D eigenvalue weighted by molar-refractivity contribution is -0.384. The summed E-state index contributed by atoms with van der Waals surface area (Å²) in [6.07, 6.45) is 5.62. The van der Waals surface area contributed by atoms with Crippen LogP contribution in [0.4, 0.5) is 17.5 Å². The number of aromatic nitrogens is 2. The Labute approximate surface area is 211 Å². The van der Waals surface area contributed by atoms with Gasteiger partial charge in [0.05, 0.1) is 4.92 Å². The van der Waals surface area contributed by atoms with Crippen molar-refractivity contribution in [3.8, 4) is 11.1 Å². The Morgan fingerprint density at radius 3 is 2.39 bits per heavy atom. The summed E-state index contributed by atoms with van der Waals surface area (Å²) in [7, 11) is 0. The Kier molecular flexibility index (Phi) is 8.45. The number of hydrogen-bond donors (Lipinski definition) is 4. The van der Waals surface area contributed by atoms with Crippen LogP contribution in [-0.2, 0) is 13.1 Å². The fourth-order valence-electron chi connectivity index (χ4n) is 4.94. The van der Waals surface area contributed by atoms with E-state index in [4.69, 9.17) is 11.5 Å². The number of nitro groups is 1. The number of hydrogen-bond acceptors (Lipinski definition) is 8. The monoisotopic (exact) mass is 489 g/mol. The summed E-state index contributed by atoms with van der Waals surface area (Å²) in [5, 5.41) is 18.0. The SMILES string of the molecule is Cc1c(CNc2ncc([N+](=O)[O-])c(NCC3CCC(CN)CC3)n2)cccc1-c1ccccc1CN. The first-order valence-electron chi connectivity index (χ1n) is 12.6. The van der Waals surface area contributed by atoms with E-state index in [1.54, 1.807) is 0 Å². The Morgan fingerprint density at radius 2 is 1.67 bits per heavy atom. The van der Waals surface area contributed by atoms with E-state index in [0.29, 0.717) is 37.4 Å². The van der Waals surface area contributed by atoms with Gasteiger partial charge in [0.2, 0.25) is 11.8 Å². The topological polar surface area (TPSA) is 145 Å². The minimum Gasteiger partial charge on any atom is -0.364 e. The van der Waals surface area contributed by atoms with Crippen molar-refractivity contribution in [2.24, 2.45) is 23.3 Å². The van der Waals surface area contributed by atoms with Crippen LogP contribution in [0.2, 0.25) is 0 Å². The maximum Gasteiger partial charge on any atom is 0.329 e. The number of rotatable bonds is 10. The third kappa shape index (κ3) is 5.98. The van der Waals surface area contributed by atoms with E-state index in [1.165, 1.54) is 6.20 Å². The molecule has 9 nitrogen and oxygen atoms in total. The second kappa shape index (κ2) is 11.9. The van der Waals surface area contributed by atoms with Crippen LogP contribution < -0.4 is 22.1 Å². The summed E-state index contributed by atoms with van der Waals surface area (Å²) in [5.41, 5.74) is 17.2. The smallest absolute Gasteiger partial charge is 0.329 e. The molecule has 0 bridgehead atoms. The van der Waals surface area contributed by atoms with E-state index < -0.39 is 4.92 Å². The standard InChI is InChI=1S/C27H35N7O2/c1-18-22(6-4-8-23(18)24-7-3-2-5-21(24)14-29)16-31-27-32-17-25(34(35)36)26(33-27)30-15-20-11-9-19(13-28)10-12-20/h2-8,17,19-20H,9-16,28-29H2,1H3,(H2,30,31,32,33). The van der Waals surface area contributed by atoms with E-state index in [-0.39, 0.29) is 11.5 Å². The lowest BCUT2D eigenvalue weighted by Gasteiger charge is -2.27. The van der Waals surface area contributed by atoms with Gasteiger partial charge in [-0.15, -0.1) is 0 Å². The molecule has 36 heavy (non-hydrogen) atoms. The van der Waals surface area contributed by atoms with Crippen LogP contribution in [0, 0.1) is 28.9 Å². The molecule has 2 aromatic carbocycles. The molecular weight excluding hydrogens is 454 g/mol. The molecule has 9 heteroatoms. The molecule has 190 valence electrons. The van der Waals surface area contributed by atoms with Gasteiger partial charge in [-0.2, -0.15) is 4.98 Å². The molecule has 0 aliphatic heterocycles. The molecule has 4 rings (SSSR count). The highest BCUT2D eigenvalue weighted by molar-refractivity contribution is 5.71. The molecule has 0 amide bonds. The second-order valence-electron chi connectivity index (χ2n) is 9.49. The minimum absolute atomic E-state index is 0.118. The fourth-order valence-corrected chi connectivity index (χ4v) is 4.94. The molecule has 0 atom stereocenters. The van der Waals surface area contributed by atoms with Crippen molar-refractivity contribution in [3.05, 3.63) is 75.5 Å². The predicted octanol–water partition coefficient (Wildman–Crippen LogP) is 4.61. The van der Waals surface area contributed by atoms with Crippen molar-refractivity contribution in [1.82, 2.24) is 9.97 Å². The number of nitrogens with zero attached hydrogens (tertiary/aromatic N) is 3. The second-order valence-corrected chi connectivity index (χ2v) is 9.49. The molecule has 0 radical (unpaired) electrons. The summed E-state index contributed by atoms with van der Waals surface area (Å²) in [6, 6.07) is 14.3. The number of anilines is 2. The van der Waals surface area contributed by atoms with Crippen LogP contribution in [0.1, 0.15) is 42.4 Å². The van der Waals surface area contributed by atoms with Gasteiger partial charge >= 0.3 is 5.69 Å². The highest BCUT2D eigenvalue weighted by Gasteiger charge is 2.23. The normalized spacial score (nSPS) is 17.5. The third-order valence-corrected chi connectivity index (χ3v) is 7.23. The first-order chi connectivity index (χ1) is 17.5. The highest BCUT2D eigenvalue weighted by atomic mass is 16.6. The van der Waals surface area contributed by atoms with Crippen molar-refractivity contribution >= 4 is 17.5 Å².